The minimum absolute atomic E-state index is 0.0639. The second-order valence-corrected chi connectivity index (χ2v) is 5.40. The van der Waals surface area contributed by atoms with Crippen LogP contribution in [0.3, 0.4) is 0 Å². The number of ketones is 1. The van der Waals surface area contributed by atoms with Crippen LogP contribution in [0.5, 0.6) is 17.2 Å². The van der Waals surface area contributed by atoms with Gasteiger partial charge in [-0.1, -0.05) is 37.3 Å². The lowest BCUT2D eigenvalue weighted by atomic mass is 10.0. The van der Waals surface area contributed by atoms with E-state index in [0.717, 1.165) is 0 Å². The topological polar surface area (TPSA) is 93.1 Å². The molecule has 0 aromatic heterocycles. The van der Waals surface area contributed by atoms with Crippen LogP contribution < -0.4 is 9.47 Å². The van der Waals surface area contributed by atoms with E-state index in [9.17, 15) is 19.8 Å². The van der Waals surface area contributed by atoms with Crippen molar-refractivity contribution in [3.05, 3.63) is 65.4 Å². The molecule has 0 heterocycles. The van der Waals surface area contributed by atoms with Crippen molar-refractivity contribution >= 4 is 11.8 Å². The van der Waals surface area contributed by atoms with Crippen LogP contribution in [0.15, 0.2) is 54.3 Å². The average molecular weight is 356 g/mol. The summed E-state index contributed by atoms with van der Waals surface area (Å²) in [6.07, 6.45) is 1.82. The van der Waals surface area contributed by atoms with E-state index in [1.165, 1.54) is 25.1 Å². The van der Waals surface area contributed by atoms with E-state index < -0.39 is 17.5 Å². The lowest BCUT2D eigenvalue weighted by Gasteiger charge is -2.15. The normalized spacial score (nSPS) is 11.1. The summed E-state index contributed by atoms with van der Waals surface area (Å²) in [5.41, 5.74) is 0.585. The molecule has 0 aliphatic heterocycles. The zero-order valence-electron chi connectivity index (χ0n) is 14.6. The zero-order chi connectivity index (χ0) is 19.1. The summed E-state index contributed by atoms with van der Waals surface area (Å²) in [7, 11) is 0. The Bertz CT molecular complexity index is 824. The molecule has 136 valence electrons. The van der Waals surface area contributed by atoms with Crippen LogP contribution in [0, 0.1) is 0 Å². The third-order valence-corrected chi connectivity index (χ3v) is 3.51. The Morgan fingerprint density at radius 1 is 1.12 bits per heavy atom. The van der Waals surface area contributed by atoms with Gasteiger partial charge in [-0.05, 0) is 31.6 Å². The monoisotopic (exact) mass is 356 g/mol. The molecular weight excluding hydrogens is 336 g/mol. The number of benzene rings is 2. The number of esters is 1. The largest absolute Gasteiger partial charge is 0.502 e. The molecule has 2 N–H and O–H groups in total. The molecule has 0 unspecified atom stereocenters. The summed E-state index contributed by atoms with van der Waals surface area (Å²) in [6.45, 7) is 3.61. The number of aromatic hydroxyl groups is 1. The molecule has 6 nitrogen and oxygen atoms in total. The molecule has 2 rings (SSSR count). The fourth-order valence-corrected chi connectivity index (χ4v) is 2.18. The first-order valence-corrected chi connectivity index (χ1v) is 8.15. The van der Waals surface area contributed by atoms with Crippen molar-refractivity contribution in [3.63, 3.8) is 0 Å². The first-order chi connectivity index (χ1) is 12.5. The molecule has 2 aromatic carbocycles. The number of ether oxygens (including phenoxy) is 2. The lowest BCUT2D eigenvalue weighted by Crippen LogP contribution is -2.12. The van der Waals surface area contributed by atoms with Crippen LogP contribution >= 0.6 is 0 Å². The number of phenols is 1. The molecule has 0 fully saturated rings. The van der Waals surface area contributed by atoms with Crippen molar-refractivity contribution in [2.75, 3.05) is 6.61 Å². The summed E-state index contributed by atoms with van der Waals surface area (Å²) in [6, 6.07) is 11.3. The van der Waals surface area contributed by atoms with E-state index in [0.29, 0.717) is 12.0 Å². The molecule has 0 aliphatic carbocycles. The predicted molar refractivity (Wildman–Crippen MR) is 95.8 cm³/mol. The van der Waals surface area contributed by atoms with Gasteiger partial charge in [-0.3, -0.25) is 4.79 Å². The van der Waals surface area contributed by atoms with Crippen molar-refractivity contribution in [3.8, 4) is 17.2 Å². The van der Waals surface area contributed by atoms with Gasteiger partial charge in [-0.25, -0.2) is 4.79 Å². The first-order valence-electron chi connectivity index (χ1n) is 8.15. The fraction of sp³-hybridized carbons (Fsp3) is 0.200. The maximum absolute atomic E-state index is 12.7. The summed E-state index contributed by atoms with van der Waals surface area (Å²) in [5, 5.41) is 19.8. The van der Waals surface area contributed by atoms with Crippen LogP contribution in [-0.2, 0) is 4.79 Å². The number of phenolic OH excluding ortho intramolecular Hbond substituents is 1. The third-order valence-electron chi connectivity index (χ3n) is 3.51. The van der Waals surface area contributed by atoms with E-state index in [1.807, 2.05) is 6.92 Å². The molecule has 6 heteroatoms. The summed E-state index contributed by atoms with van der Waals surface area (Å²) in [4.78, 5) is 24.4. The minimum Gasteiger partial charge on any atom is -0.502 e. The van der Waals surface area contributed by atoms with Crippen LogP contribution in [0.25, 0.3) is 0 Å². The van der Waals surface area contributed by atoms with Crippen LogP contribution in [0.4, 0.5) is 0 Å². The van der Waals surface area contributed by atoms with Crippen LogP contribution in [-0.4, -0.2) is 28.6 Å². The molecule has 0 atom stereocenters. The second kappa shape index (κ2) is 8.71. The number of rotatable bonds is 7. The van der Waals surface area contributed by atoms with Gasteiger partial charge >= 0.3 is 5.97 Å². The van der Waals surface area contributed by atoms with E-state index in [2.05, 4.69) is 0 Å². The van der Waals surface area contributed by atoms with Gasteiger partial charge in [0.15, 0.2) is 23.0 Å². The molecule has 0 saturated carbocycles. The maximum Gasteiger partial charge on any atom is 0.378 e. The van der Waals surface area contributed by atoms with Crippen molar-refractivity contribution in [1.82, 2.24) is 0 Å². The quantitative estimate of drug-likeness (QED) is 0.258. The number of carbonyl (C=O) groups is 2. The highest BCUT2D eigenvalue weighted by atomic mass is 16.6. The standard InChI is InChI=1S/C20H20O6/c1-3-12-25-19-14(17(22)13-8-6-5-7-9-13)10-11-16(18(19)23)26-20(24)15(21)4-2/h4-11,21,23H,3,12H2,1-2H3. The number of hydrogen-bond donors (Lipinski definition) is 2. The van der Waals surface area contributed by atoms with Gasteiger partial charge in [0.1, 0.15) is 0 Å². The van der Waals surface area contributed by atoms with Crippen molar-refractivity contribution in [1.29, 1.82) is 0 Å². The Morgan fingerprint density at radius 2 is 1.81 bits per heavy atom. The predicted octanol–water partition coefficient (Wildman–Crippen LogP) is 3.78. The fourth-order valence-electron chi connectivity index (χ4n) is 2.18. The summed E-state index contributed by atoms with van der Waals surface area (Å²) >= 11 is 0. The van der Waals surface area contributed by atoms with Crippen LogP contribution in [0.2, 0.25) is 0 Å². The highest BCUT2D eigenvalue weighted by Gasteiger charge is 2.23. The van der Waals surface area contributed by atoms with Crippen molar-refractivity contribution in [2.24, 2.45) is 0 Å². The Labute approximate surface area is 151 Å². The van der Waals surface area contributed by atoms with Gasteiger partial charge in [0.25, 0.3) is 0 Å². The van der Waals surface area contributed by atoms with Gasteiger partial charge in [0.2, 0.25) is 5.75 Å². The van der Waals surface area contributed by atoms with Gasteiger partial charge in [-0.2, -0.15) is 0 Å². The van der Waals surface area contributed by atoms with Crippen molar-refractivity contribution < 1.29 is 29.3 Å². The summed E-state index contributed by atoms with van der Waals surface area (Å²) < 4.78 is 10.5. The number of allylic oxidation sites excluding steroid dienone is 1. The number of hydrogen-bond acceptors (Lipinski definition) is 6. The van der Waals surface area contributed by atoms with E-state index >= 15 is 0 Å². The molecule has 0 aliphatic rings. The summed E-state index contributed by atoms with van der Waals surface area (Å²) in [5.74, 6) is -2.69. The Balaban J connectivity index is 2.45. The highest BCUT2D eigenvalue weighted by Crippen LogP contribution is 2.40. The number of aliphatic hydroxyl groups is 1. The van der Waals surface area contributed by atoms with Gasteiger partial charge < -0.3 is 19.7 Å². The SMILES string of the molecule is CC=C(O)C(=O)Oc1ccc(C(=O)c2ccccc2)c(OCCC)c1O. The molecule has 0 radical (unpaired) electrons. The maximum atomic E-state index is 12.7. The molecule has 26 heavy (non-hydrogen) atoms. The van der Waals surface area contributed by atoms with E-state index in [1.54, 1.807) is 30.3 Å². The molecule has 2 aromatic rings. The smallest absolute Gasteiger partial charge is 0.378 e. The second-order valence-electron chi connectivity index (χ2n) is 5.40. The molecular formula is C20H20O6. The van der Waals surface area contributed by atoms with Gasteiger partial charge in [0.05, 0.1) is 12.2 Å². The Morgan fingerprint density at radius 3 is 2.42 bits per heavy atom. The zero-order valence-corrected chi connectivity index (χ0v) is 14.6. The average Bonchev–Trinajstić information content (AvgIpc) is 2.67. The number of carbonyl (C=O) groups excluding carboxylic acids is 2. The van der Waals surface area contributed by atoms with Crippen molar-refractivity contribution in [2.45, 2.75) is 20.3 Å². The van der Waals surface area contributed by atoms with Gasteiger partial charge in [0, 0.05) is 5.56 Å². The Kier molecular flexibility index (Phi) is 6.38. The Hall–Kier alpha value is -3.28. The molecule has 0 amide bonds. The third kappa shape index (κ3) is 4.22. The molecule has 0 saturated heterocycles. The van der Waals surface area contributed by atoms with Crippen LogP contribution in [0.1, 0.15) is 36.2 Å². The minimum atomic E-state index is -1.02. The molecule has 0 bridgehead atoms. The molecule has 0 spiro atoms. The van der Waals surface area contributed by atoms with E-state index in [4.69, 9.17) is 9.47 Å². The first kappa shape index (κ1) is 19.1. The van der Waals surface area contributed by atoms with Gasteiger partial charge in [-0.15, -0.1) is 0 Å². The lowest BCUT2D eigenvalue weighted by molar-refractivity contribution is -0.133. The number of aliphatic hydroxyl groups excluding tert-OH is 1. The van der Waals surface area contributed by atoms with E-state index in [-0.39, 0.29) is 29.5 Å². The highest BCUT2D eigenvalue weighted by molar-refractivity contribution is 6.11.